The van der Waals surface area contributed by atoms with Crippen molar-refractivity contribution in [2.24, 2.45) is 0 Å². The molecular weight excluding hydrogens is 356 g/mol. The van der Waals surface area contributed by atoms with E-state index >= 15 is 0 Å². The largest absolute Gasteiger partial charge is 0.368 e. The highest BCUT2D eigenvalue weighted by atomic mass is 16.2. The minimum Gasteiger partial charge on any atom is -0.368 e. The molecule has 1 aliphatic heterocycles. The van der Waals surface area contributed by atoms with Crippen LogP contribution in [-0.2, 0) is 0 Å². The molecule has 28 heavy (non-hydrogen) atoms. The number of carbonyl (C=O) groups excluding carboxylic acids is 2. The quantitative estimate of drug-likeness (QED) is 0.653. The molecule has 0 radical (unpaired) electrons. The average molecular weight is 376 g/mol. The molecule has 0 atom stereocenters. The third-order valence-corrected chi connectivity index (χ3v) is 5.05. The molecule has 0 aliphatic carbocycles. The zero-order valence-corrected chi connectivity index (χ0v) is 15.5. The molecule has 0 spiro atoms. The first kappa shape index (κ1) is 17.9. The monoisotopic (exact) mass is 376 g/mol. The molecule has 7 heteroatoms. The highest BCUT2D eigenvalue weighted by Crippen LogP contribution is 2.18. The van der Waals surface area contributed by atoms with E-state index in [4.69, 9.17) is 0 Å². The summed E-state index contributed by atoms with van der Waals surface area (Å²) in [6.45, 7) is 3.90. The van der Waals surface area contributed by atoms with Gasteiger partial charge in [-0.15, -0.1) is 0 Å². The Hall–Kier alpha value is -3.48. The molecule has 0 unspecified atom stereocenters. The van der Waals surface area contributed by atoms with Crippen molar-refractivity contribution in [3.8, 4) is 0 Å². The van der Waals surface area contributed by atoms with E-state index in [1.165, 1.54) is 10.6 Å². The first-order valence-electron chi connectivity index (χ1n) is 9.16. The van der Waals surface area contributed by atoms with Crippen LogP contribution in [0.15, 0.2) is 59.7 Å². The van der Waals surface area contributed by atoms with Crippen molar-refractivity contribution < 1.29 is 9.59 Å². The van der Waals surface area contributed by atoms with Gasteiger partial charge in [-0.05, 0) is 43.3 Å². The summed E-state index contributed by atoms with van der Waals surface area (Å²) in [7, 11) is 0. The maximum atomic E-state index is 12.8. The van der Waals surface area contributed by atoms with Gasteiger partial charge in [-0.1, -0.05) is 6.07 Å². The highest BCUT2D eigenvalue weighted by Gasteiger charge is 2.25. The number of hydrogen-bond acceptors (Lipinski definition) is 5. The van der Waals surface area contributed by atoms with E-state index in [0.717, 1.165) is 5.69 Å². The molecule has 3 aromatic rings. The Labute approximate surface area is 161 Å². The third kappa shape index (κ3) is 3.26. The summed E-state index contributed by atoms with van der Waals surface area (Å²) in [5, 5.41) is 0. The number of amides is 1. The number of ketones is 1. The van der Waals surface area contributed by atoms with Gasteiger partial charge >= 0.3 is 0 Å². The van der Waals surface area contributed by atoms with Gasteiger partial charge in [-0.2, -0.15) is 0 Å². The topological polar surface area (TPSA) is 75.0 Å². The molecule has 7 nitrogen and oxygen atoms in total. The van der Waals surface area contributed by atoms with Crippen LogP contribution in [0.4, 0.5) is 5.69 Å². The maximum Gasteiger partial charge on any atom is 0.270 e. The smallest absolute Gasteiger partial charge is 0.270 e. The molecule has 1 fully saturated rings. The number of benzene rings is 1. The van der Waals surface area contributed by atoms with Gasteiger partial charge in [0.25, 0.3) is 11.5 Å². The van der Waals surface area contributed by atoms with Crippen LogP contribution in [0, 0.1) is 0 Å². The lowest BCUT2D eigenvalue weighted by atomic mass is 10.1. The minimum atomic E-state index is -0.349. The molecule has 0 saturated carbocycles. The van der Waals surface area contributed by atoms with Crippen LogP contribution in [0.1, 0.15) is 27.6 Å². The molecule has 1 amide bonds. The second-order valence-electron chi connectivity index (χ2n) is 6.79. The maximum absolute atomic E-state index is 12.8. The van der Waals surface area contributed by atoms with E-state index in [0.29, 0.717) is 37.4 Å². The van der Waals surface area contributed by atoms with E-state index in [9.17, 15) is 14.4 Å². The fourth-order valence-electron chi connectivity index (χ4n) is 3.42. The molecular formula is C21H20N4O3. The number of Topliss-reactive ketones (excluding diaryl/α,β-unsaturated/α-hetero) is 1. The first-order chi connectivity index (χ1) is 13.5. The zero-order valence-electron chi connectivity index (χ0n) is 15.5. The van der Waals surface area contributed by atoms with Gasteiger partial charge < -0.3 is 9.80 Å². The van der Waals surface area contributed by atoms with Gasteiger partial charge in [0.2, 0.25) is 0 Å². The average Bonchev–Trinajstić information content (AvgIpc) is 2.74. The van der Waals surface area contributed by atoms with Crippen molar-refractivity contribution in [2.45, 2.75) is 6.92 Å². The lowest BCUT2D eigenvalue weighted by Crippen LogP contribution is -2.49. The molecule has 0 N–H and O–H groups in total. The number of anilines is 1. The Bertz CT molecular complexity index is 1100. The normalized spacial score (nSPS) is 14.3. The predicted molar refractivity (Wildman–Crippen MR) is 106 cm³/mol. The van der Waals surface area contributed by atoms with Gasteiger partial charge in [0.1, 0.15) is 11.2 Å². The van der Waals surface area contributed by atoms with Crippen molar-refractivity contribution in [1.82, 2.24) is 14.3 Å². The number of hydrogen-bond donors (Lipinski definition) is 0. The van der Waals surface area contributed by atoms with E-state index in [1.54, 1.807) is 36.2 Å². The molecule has 2 aromatic heterocycles. The van der Waals surface area contributed by atoms with Gasteiger partial charge in [-0.3, -0.25) is 18.8 Å². The summed E-state index contributed by atoms with van der Waals surface area (Å²) in [4.78, 5) is 44.9. The van der Waals surface area contributed by atoms with Crippen LogP contribution in [0.2, 0.25) is 0 Å². The second-order valence-corrected chi connectivity index (χ2v) is 6.79. The van der Waals surface area contributed by atoms with Gasteiger partial charge in [0.15, 0.2) is 5.78 Å². The standard InChI is InChI=1S/C21H20N4O3/c1-15(26)16-5-7-17(8-6-16)23-10-12-24(13-11-23)20(27)18-14-22-19-4-2-3-9-25(19)21(18)28/h2-9,14H,10-13H2,1H3. The summed E-state index contributed by atoms with van der Waals surface area (Å²) in [5.41, 5.74) is 1.95. The molecule has 142 valence electrons. The summed E-state index contributed by atoms with van der Waals surface area (Å²) < 4.78 is 1.39. The van der Waals surface area contributed by atoms with Crippen LogP contribution in [0.5, 0.6) is 0 Å². The Kier molecular flexibility index (Phi) is 4.65. The fourth-order valence-corrected chi connectivity index (χ4v) is 3.42. The van der Waals surface area contributed by atoms with Crippen molar-refractivity contribution in [3.05, 3.63) is 76.3 Å². The van der Waals surface area contributed by atoms with Crippen LogP contribution in [-0.4, -0.2) is 52.2 Å². The van der Waals surface area contributed by atoms with Crippen molar-refractivity contribution in [1.29, 1.82) is 0 Å². The first-order valence-corrected chi connectivity index (χ1v) is 9.16. The Morgan fingerprint density at radius 2 is 1.68 bits per heavy atom. The van der Waals surface area contributed by atoms with Crippen LogP contribution >= 0.6 is 0 Å². The lowest BCUT2D eigenvalue weighted by Gasteiger charge is -2.36. The number of fused-ring (bicyclic) bond motifs is 1. The number of aromatic nitrogens is 2. The van der Waals surface area contributed by atoms with Crippen LogP contribution in [0.25, 0.3) is 5.65 Å². The van der Waals surface area contributed by atoms with Gasteiger partial charge in [0, 0.05) is 49.8 Å². The zero-order chi connectivity index (χ0) is 19.7. The lowest BCUT2D eigenvalue weighted by molar-refractivity contribution is 0.0744. The van der Waals surface area contributed by atoms with Crippen molar-refractivity contribution in [3.63, 3.8) is 0 Å². The summed E-state index contributed by atoms with van der Waals surface area (Å²) in [5.74, 6) is -0.250. The molecule has 3 heterocycles. The Morgan fingerprint density at radius 3 is 2.36 bits per heavy atom. The van der Waals surface area contributed by atoms with E-state index in [-0.39, 0.29) is 22.8 Å². The third-order valence-electron chi connectivity index (χ3n) is 5.05. The second kappa shape index (κ2) is 7.26. The number of rotatable bonds is 3. The van der Waals surface area contributed by atoms with Crippen molar-refractivity contribution >= 4 is 23.0 Å². The van der Waals surface area contributed by atoms with Gasteiger partial charge in [0.05, 0.1) is 0 Å². The van der Waals surface area contributed by atoms with Crippen molar-refractivity contribution in [2.75, 3.05) is 31.1 Å². The number of piperazine rings is 1. The molecule has 0 bridgehead atoms. The van der Waals surface area contributed by atoms with E-state index in [1.807, 2.05) is 24.3 Å². The van der Waals surface area contributed by atoms with Crippen LogP contribution < -0.4 is 10.5 Å². The highest BCUT2D eigenvalue weighted by molar-refractivity contribution is 5.94. The molecule has 4 rings (SSSR count). The molecule has 1 saturated heterocycles. The summed E-state index contributed by atoms with van der Waals surface area (Å²) >= 11 is 0. The van der Waals surface area contributed by atoms with Crippen LogP contribution in [0.3, 0.4) is 0 Å². The number of pyridine rings is 1. The predicted octanol–water partition coefficient (Wildman–Crippen LogP) is 1.86. The summed E-state index contributed by atoms with van der Waals surface area (Å²) in [6, 6.07) is 12.7. The minimum absolute atomic E-state index is 0.0391. The summed E-state index contributed by atoms with van der Waals surface area (Å²) in [6.07, 6.45) is 2.98. The number of carbonyl (C=O) groups is 2. The van der Waals surface area contributed by atoms with E-state index in [2.05, 4.69) is 9.88 Å². The number of nitrogens with zero attached hydrogens (tertiary/aromatic N) is 4. The molecule has 1 aromatic carbocycles. The SMILES string of the molecule is CC(=O)c1ccc(N2CCN(C(=O)c3cnc4ccccn4c3=O)CC2)cc1. The fraction of sp³-hybridized carbons (Fsp3) is 0.238. The Morgan fingerprint density at radius 1 is 0.964 bits per heavy atom. The Balaban J connectivity index is 1.48. The van der Waals surface area contributed by atoms with Gasteiger partial charge in [-0.25, -0.2) is 4.98 Å². The van der Waals surface area contributed by atoms with E-state index < -0.39 is 0 Å². The molecule has 1 aliphatic rings.